The summed E-state index contributed by atoms with van der Waals surface area (Å²) in [4.78, 5) is 48.4. The van der Waals surface area contributed by atoms with Gasteiger partial charge in [0.25, 0.3) is 5.56 Å². The van der Waals surface area contributed by atoms with Crippen LogP contribution in [0.5, 0.6) is 0 Å². The first-order valence-electron chi connectivity index (χ1n) is 10.6. The lowest BCUT2D eigenvalue weighted by molar-refractivity contribution is -0.124. The SMILES string of the molecule is CNC(=O)[C@H]1CCCN(c2nc3ncn(CC(=O)Nc4ccc(C)cc4C)c(=O)c3s2)C1. The quantitative estimate of drug-likeness (QED) is 0.611. The van der Waals surface area contributed by atoms with Crippen molar-refractivity contribution in [1.82, 2.24) is 19.9 Å². The van der Waals surface area contributed by atoms with Gasteiger partial charge in [-0.05, 0) is 38.3 Å². The molecular formula is C22H26N6O3S. The van der Waals surface area contributed by atoms with Gasteiger partial charge in [-0.1, -0.05) is 29.0 Å². The molecule has 1 fully saturated rings. The molecular weight excluding hydrogens is 428 g/mol. The lowest BCUT2D eigenvalue weighted by Crippen LogP contribution is -2.42. The number of carbonyl (C=O) groups excluding carboxylic acids is 2. The van der Waals surface area contributed by atoms with Crippen molar-refractivity contribution < 1.29 is 9.59 Å². The second-order valence-corrected chi connectivity index (χ2v) is 9.07. The van der Waals surface area contributed by atoms with Crippen LogP contribution >= 0.6 is 11.3 Å². The Kier molecular flexibility index (Phi) is 6.22. The van der Waals surface area contributed by atoms with E-state index in [1.807, 2.05) is 36.9 Å². The number of anilines is 2. The average molecular weight is 455 g/mol. The lowest BCUT2D eigenvalue weighted by atomic mass is 9.98. The molecule has 10 heteroatoms. The smallest absolute Gasteiger partial charge is 0.273 e. The van der Waals surface area contributed by atoms with Crippen molar-refractivity contribution in [2.75, 3.05) is 30.4 Å². The Morgan fingerprint density at radius 1 is 1.28 bits per heavy atom. The zero-order valence-corrected chi connectivity index (χ0v) is 19.2. The fourth-order valence-corrected chi connectivity index (χ4v) is 4.95. The molecule has 3 aromatic rings. The standard InChI is InChI=1S/C22H26N6O3S/c1-13-6-7-16(14(2)9-13)25-17(29)11-28-12-24-19-18(21(28)31)32-22(26-19)27-8-4-5-15(10-27)20(30)23-3/h6-7,9,12,15H,4-5,8,10-11H2,1-3H3,(H,23,30)(H,25,29)/t15-/m0/s1. The molecule has 1 aromatic carbocycles. The molecule has 2 aromatic heterocycles. The summed E-state index contributed by atoms with van der Waals surface area (Å²) in [5.74, 6) is -0.375. The van der Waals surface area contributed by atoms with E-state index in [2.05, 4.69) is 20.6 Å². The van der Waals surface area contributed by atoms with E-state index >= 15 is 0 Å². The maximum atomic E-state index is 13.0. The molecule has 1 aliphatic heterocycles. The highest BCUT2D eigenvalue weighted by molar-refractivity contribution is 7.22. The molecule has 0 radical (unpaired) electrons. The summed E-state index contributed by atoms with van der Waals surface area (Å²) in [5.41, 5.74) is 2.86. The van der Waals surface area contributed by atoms with Gasteiger partial charge in [0.15, 0.2) is 10.8 Å². The summed E-state index contributed by atoms with van der Waals surface area (Å²) in [6.45, 7) is 5.12. The number of thiazole rings is 1. The van der Waals surface area contributed by atoms with Crippen LogP contribution in [-0.2, 0) is 16.1 Å². The third kappa shape index (κ3) is 4.50. The van der Waals surface area contributed by atoms with Crippen molar-refractivity contribution in [2.24, 2.45) is 5.92 Å². The molecule has 2 N–H and O–H groups in total. The summed E-state index contributed by atoms with van der Waals surface area (Å²) >= 11 is 1.26. The summed E-state index contributed by atoms with van der Waals surface area (Å²) in [6.07, 6.45) is 3.07. The summed E-state index contributed by atoms with van der Waals surface area (Å²) in [5, 5.41) is 6.24. The lowest BCUT2D eigenvalue weighted by Gasteiger charge is -2.31. The number of amides is 2. The van der Waals surface area contributed by atoms with E-state index in [1.165, 1.54) is 22.2 Å². The summed E-state index contributed by atoms with van der Waals surface area (Å²) in [6, 6.07) is 5.77. The Bertz CT molecular complexity index is 1230. The van der Waals surface area contributed by atoms with Crippen LogP contribution in [-0.4, -0.2) is 46.5 Å². The molecule has 1 saturated heterocycles. The van der Waals surface area contributed by atoms with Crippen LogP contribution in [0.1, 0.15) is 24.0 Å². The largest absolute Gasteiger partial charge is 0.359 e. The van der Waals surface area contributed by atoms with Gasteiger partial charge in [0.05, 0.1) is 5.92 Å². The monoisotopic (exact) mass is 454 g/mol. The van der Waals surface area contributed by atoms with Gasteiger partial charge >= 0.3 is 0 Å². The third-order valence-corrected chi connectivity index (χ3v) is 6.74. The fourth-order valence-electron chi connectivity index (χ4n) is 3.95. The van der Waals surface area contributed by atoms with Crippen LogP contribution in [0, 0.1) is 19.8 Å². The van der Waals surface area contributed by atoms with Crippen LogP contribution in [0.25, 0.3) is 10.3 Å². The van der Waals surface area contributed by atoms with Gasteiger partial charge in [-0.25, -0.2) is 4.98 Å². The first-order chi connectivity index (χ1) is 15.4. The minimum Gasteiger partial charge on any atom is -0.359 e. The van der Waals surface area contributed by atoms with E-state index in [4.69, 9.17) is 0 Å². The minimum atomic E-state index is -0.297. The average Bonchev–Trinajstić information content (AvgIpc) is 3.22. The molecule has 0 spiro atoms. The summed E-state index contributed by atoms with van der Waals surface area (Å²) < 4.78 is 1.70. The maximum absolute atomic E-state index is 13.0. The highest BCUT2D eigenvalue weighted by Gasteiger charge is 2.27. The Labute approximate surface area is 189 Å². The van der Waals surface area contributed by atoms with Crippen molar-refractivity contribution in [2.45, 2.75) is 33.2 Å². The Morgan fingerprint density at radius 2 is 2.09 bits per heavy atom. The van der Waals surface area contributed by atoms with Crippen molar-refractivity contribution >= 4 is 44.3 Å². The van der Waals surface area contributed by atoms with Crippen LogP contribution in [0.2, 0.25) is 0 Å². The first-order valence-corrected chi connectivity index (χ1v) is 11.4. The molecule has 0 unspecified atom stereocenters. The number of carbonyl (C=O) groups is 2. The summed E-state index contributed by atoms with van der Waals surface area (Å²) in [7, 11) is 1.64. The molecule has 4 rings (SSSR count). The van der Waals surface area contributed by atoms with E-state index in [0.29, 0.717) is 22.0 Å². The van der Waals surface area contributed by atoms with Crippen molar-refractivity contribution in [3.63, 3.8) is 0 Å². The number of hydrogen-bond acceptors (Lipinski definition) is 7. The Morgan fingerprint density at radius 3 is 2.84 bits per heavy atom. The number of piperidine rings is 1. The van der Waals surface area contributed by atoms with Crippen LogP contribution in [0.15, 0.2) is 29.3 Å². The number of aromatic nitrogens is 3. The van der Waals surface area contributed by atoms with Crippen LogP contribution < -0.4 is 21.1 Å². The minimum absolute atomic E-state index is 0.0196. The fraction of sp³-hybridized carbons (Fsp3) is 0.409. The number of benzene rings is 1. The van der Waals surface area contributed by atoms with E-state index in [0.717, 1.165) is 36.2 Å². The molecule has 2 amide bonds. The van der Waals surface area contributed by atoms with Crippen molar-refractivity contribution in [3.8, 4) is 0 Å². The predicted octanol–water partition coefficient (Wildman–Crippen LogP) is 2.07. The van der Waals surface area contributed by atoms with Gasteiger partial charge in [-0.2, -0.15) is 4.98 Å². The zero-order chi connectivity index (χ0) is 22.8. The van der Waals surface area contributed by atoms with E-state index in [-0.39, 0.29) is 29.8 Å². The molecule has 9 nitrogen and oxygen atoms in total. The molecule has 0 saturated carbocycles. The van der Waals surface area contributed by atoms with E-state index in [1.54, 1.807) is 7.05 Å². The van der Waals surface area contributed by atoms with Gasteiger partial charge in [-0.15, -0.1) is 0 Å². The highest BCUT2D eigenvalue weighted by atomic mass is 32.1. The number of hydrogen-bond donors (Lipinski definition) is 2. The molecule has 32 heavy (non-hydrogen) atoms. The van der Waals surface area contributed by atoms with E-state index in [9.17, 15) is 14.4 Å². The maximum Gasteiger partial charge on any atom is 0.273 e. The second-order valence-electron chi connectivity index (χ2n) is 8.09. The Balaban J connectivity index is 1.52. The van der Waals surface area contributed by atoms with Gasteiger partial charge in [0.2, 0.25) is 11.8 Å². The number of fused-ring (bicyclic) bond motifs is 1. The number of nitrogens with one attached hydrogen (secondary N) is 2. The van der Waals surface area contributed by atoms with Crippen molar-refractivity contribution in [3.05, 3.63) is 46.0 Å². The molecule has 0 aliphatic carbocycles. The first kappa shape index (κ1) is 21.9. The number of nitrogens with zero attached hydrogens (tertiary/aromatic N) is 4. The number of rotatable bonds is 5. The Hall–Kier alpha value is -3.27. The van der Waals surface area contributed by atoms with Gasteiger partial charge in [0, 0.05) is 25.8 Å². The molecule has 1 atom stereocenters. The molecule has 168 valence electrons. The highest BCUT2D eigenvalue weighted by Crippen LogP contribution is 2.29. The predicted molar refractivity (Wildman–Crippen MR) is 125 cm³/mol. The van der Waals surface area contributed by atoms with Crippen LogP contribution in [0.4, 0.5) is 10.8 Å². The van der Waals surface area contributed by atoms with Gasteiger partial charge in [0.1, 0.15) is 17.6 Å². The van der Waals surface area contributed by atoms with Crippen molar-refractivity contribution in [1.29, 1.82) is 0 Å². The third-order valence-electron chi connectivity index (χ3n) is 5.65. The van der Waals surface area contributed by atoms with E-state index < -0.39 is 0 Å². The van der Waals surface area contributed by atoms with Gasteiger partial charge < -0.3 is 15.5 Å². The second kappa shape index (κ2) is 9.07. The molecule has 1 aliphatic rings. The number of aryl methyl sites for hydroxylation is 2. The van der Waals surface area contributed by atoms with Gasteiger partial charge in [-0.3, -0.25) is 19.0 Å². The zero-order valence-electron chi connectivity index (χ0n) is 18.3. The molecule has 0 bridgehead atoms. The topological polar surface area (TPSA) is 109 Å². The molecule has 3 heterocycles. The normalized spacial score (nSPS) is 16.2. The van der Waals surface area contributed by atoms with Crippen LogP contribution in [0.3, 0.4) is 0 Å².